The molecule has 2 aliphatic rings. The van der Waals surface area contributed by atoms with E-state index in [2.05, 4.69) is 36.4 Å². The Morgan fingerprint density at radius 2 is 0.864 bits per heavy atom. The van der Waals surface area contributed by atoms with Crippen molar-refractivity contribution in [3.8, 4) is 11.5 Å². The Bertz CT molecular complexity index is 1260. The van der Waals surface area contributed by atoms with Gasteiger partial charge in [-0.15, -0.1) is 0 Å². The van der Waals surface area contributed by atoms with Crippen LogP contribution in [0.25, 0.3) is 21.5 Å². The fourth-order valence-electron chi connectivity index (χ4n) is 6.31. The lowest BCUT2D eigenvalue weighted by atomic mass is 10.1. The summed E-state index contributed by atoms with van der Waals surface area (Å²) in [4.78, 5) is 3.02. The van der Waals surface area contributed by atoms with Crippen LogP contribution in [0.2, 0.25) is 0 Å². The van der Waals surface area contributed by atoms with Crippen molar-refractivity contribution in [1.82, 2.24) is 0 Å². The molecular weight excluding hydrogens is 595 g/mol. The van der Waals surface area contributed by atoms with Crippen molar-refractivity contribution in [2.45, 2.75) is 50.7 Å². The molecule has 240 valence electrons. The third kappa shape index (κ3) is 10.8. The van der Waals surface area contributed by atoms with E-state index in [-0.39, 0.29) is 24.8 Å². The number of ether oxygens (including phenoxy) is 2. The van der Waals surface area contributed by atoms with Gasteiger partial charge in [0, 0.05) is 10.8 Å². The highest BCUT2D eigenvalue weighted by Gasteiger charge is 2.19. The zero-order chi connectivity index (χ0) is 29.0. The molecule has 6 rings (SSSR count). The number of hydrogen-bond donors (Lipinski definition) is 4. The van der Waals surface area contributed by atoms with Crippen LogP contribution >= 0.6 is 0 Å². The second kappa shape index (κ2) is 19.1. The van der Waals surface area contributed by atoms with Gasteiger partial charge in [0.1, 0.15) is 50.0 Å². The Balaban J connectivity index is 0.000000230. The van der Waals surface area contributed by atoms with E-state index in [0.717, 1.165) is 35.4 Å². The molecule has 0 saturated carbocycles. The molecule has 2 aliphatic heterocycles. The van der Waals surface area contributed by atoms with Crippen LogP contribution in [0.5, 0.6) is 11.5 Å². The number of aliphatic hydroxyl groups excluding tert-OH is 2. The first kappa shape index (κ1) is 35.9. The lowest BCUT2D eigenvalue weighted by Gasteiger charge is -2.25. The lowest BCUT2D eigenvalue weighted by molar-refractivity contribution is -0.908. The maximum absolute atomic E-state index is 10.2. The number of rotatable bonds is 10. The molecule has 4 aromatic carbocycles. The smallest absolute Gasteiger partial charge is 0.137 e. The molecule has 2 atom stereocenters. The van der Waals surface area contributed by atoms with Crippen molar-refractivity contribution in [2.24, 2.45) is 0 Å². The summed E-state index contributed by atoms with van der Waals surface area (Å²) in [6.07, 6.45) is 7.03. The number of piperidine rings is 2. The van der Waals surface area contributed by atoms with Gasteiger partial charge in [-0.1, -0.05) is 72.8 Å². The van der Waals surface area contributed by atoms with Gasteiger partial charge < -0.3 is 54.3 Å². The molecule has 0 aliphatic carbocycles. The third-order valence-corrected chi connectivity index (χ3v) is 8.53. The number of likely N-dealkylation sites (tertiary alicyclic amines) is 2. The van der Waals surface area contributed by atoms with E-state index in [1.165, 1.54) is 85.3 Å². The fourth-order valence-corrected chi connectivity index (χ4v) is 6.31. The zero-order valence-electron chi connectivity index (χ0n) is 25.6. The number of halogens is 2. The standard InChI is InChI=1S/2C18H23NO2.2ClH/c2*20-16(13-19-11-4-1-5-12-19)14-21-18-10-6-8-15-7-2-3-9-17(15)18;;/h2*2-3,6-10,16,20H,1,4-5,11-14H2;2*1H/t2*16-;;/m00../s1. The SMILES string of the molecule is O[C@H](COc1cccc2ccccc12)C[NH+]1CCCCC1.O[C@H](COc1cccc2ccccc12)C[NH+]1CCCCC1.[Cl-].[Cl-]. The summed E-state index contributed by atoms with van der Waals surface area (Å²) in [5, 5.41) is 24.9. The molecule has 6 nitrogen and oxygen atoms in total. The second-order valence-corrected chi connectivity index (χ2v) is 11.9. The quantitative estimate of drug-likeness (QED) is 0.152. The zero-order valence-corrected chi connectivity index (χ0v) is 27.1. The maximum Gasteiger partial charge on any atom is 0.137 e. The van der Waals surface area contributed by atoms with E-state index in [1.54, 1.807) is 0 Å². The van der Waals surface area contributed by atoms with Crippen molar-refractivity contribution in [1.29, 1.82) is 0 Å². The van der Waals surface area contributed by atoms with Crippen LogP contribution in [0, 0.1) is 0 Å². The first-order valence-electron chi connectivity index (χ1n) is 15.9. The summed E-state index contributed by atoms with van der Waals surface area (Å²) < 4.78 is 11.7. The van der Waals surface area contributed by atoms with Gasteiger partial charge in [-0.3, -0.25) is 0 Å². The van der Waals surface area contributed by atoms with E-state index in [0.29, 0.717) is 13.2 Å². The van der Waals surface area contributed by atoms with E-state index in [4.69, 9.17) is 9.47 Å². The molecule has 4 aromatic rings. The van der Waals surface area contributed by atoms with Crippen molar-refractivity contribution in [3.63, 3.8) is 0 Å². The van der Waals surface area contributed by atoms with Crippen LogP contribution in [0.15, 0.2) is 84.9 Å². The molecule has 2 fully saturated rings. The summed E-state index contributed by atoms with van der Waals surface area (Å²) in [5.41, 5.74) is 0. The molecule has 4 N–H and O–H groups in total. The van der Waals surface area contributed by atoms with Gasteiger partial charge in [-0.05, 0) is 61.4 Å². The number of nitrogens with one attached hydrogen (secondary N) is 2. The predicted octanol–water partition coefficient (Wildman–Crippen LogP) is -2.70. The second-order valence-electron chi connectivity index (χ2n) is 11.9. The van der Waals surface area contributed by atoms with Gasteiger partial charge in [0.05, 0.1) is 26.2 Å². The van der Waals surface area contributed by atoms with E-state index in [1.807, 2.05) is 48.5 Å². The van der Waals surface area contributed by atoms with Gasteiger partial charge in [-0.25, -0.2) is 0 Å². The minimum Gasteiger partial charge on any atom is -1.00 e. The first-order valence-corrected chi connectivity index (χ1v) is 15.9. The Morgan fingerprint density at radius 1 is 0.500 bits per heavy atom. The summed E-state index contributed by atoms with van der Waals surface area (Å²) in [5.74, 6) is 1.72. The largest absolute Gasteiger partial charge is 1.00 e. The Hall–Kier alpha value is -2.58. The normalized spacial score (nSPS) is 17.0. The van der Waals surface area contributed by atoms with Gasteiger partial charge in [0.2, 0.25) is 0 Å². The van der Waals surface area contributed by atoms with Gasteiger partial charge >= 0.3 is 0 Å². The monoisotopic (exact) mass is 642 g/mol. The van der Waals surface area contributed by atoms with Crippen molar-refractivity contribution in [3.05, 3.63) is 84.9 Å². The fraction of sp³-hybridized carbons (Fsp3) is 0.444. The molecule has 0 unspecified atom stereocenters. The minimum atomic E-state index is -0.392. The molecule has 0 aromatic heterocycles. The maximum atomic E-state index is 10.2. The molecular formula is C36H48Cl2N2O4. The molecule has 0 amide bonds. The summed E-state index contributed by atoms with van der Waals surface area (Å²) in [7, 11) is 0. The van der Waals surface area contributed by atoms with E-state index < -0.39 is 12.2 Å². The Morgan fingerprint density at radius 3 is 1.27 bits per heavy atom. The lowest BCUT2D eigenvalue weighted by Crippen LogP contribution is -3.14. The Kier molecular flexibility index (Phi) is 15.5. The molecule has 8 heteroatoms. The first-order chi connectivity index (χ1) is 20.7. The predicted molar refractivity (Wildman–Crippen MR) is 170 cm³/mol. The number of aliphatic hydroxyl groups is 2. The van der Waals surface area contributed by atoms with Gasteiger partial charge in [-0.2, -0.15) is 0 Å². The van der Waals surface area contributed by atoms with Crippen LogP contribution in [-0.2, 0) is 0 Å². The van der Waals surface area contributed by atoms with Crippen LogP contribution < -0.4 is 44.1 Å². The van der Waals surface area contributed by atoms with Gasteiger partial charge in [0.15, 0.2) is 0 Å². The average molecular weight is 644 g/mol. The number of fused-ring (bicyclic) bond motifs is 2. The van der Waals surface area contributed by atoms with E-state index in [9.17, 15) is 10.2 Å². The van der Waals surface area contributed by atoms with E-state index >= 15 is 0 Å². The topological polar surface area (TPSA) is 67.8 Å². The molecule has 0 bridgehead atoms. The molecule has 2 heterocycles. The molecule has 0 radical (unpaired) electrons. The minimum absolute atomic E-state index is 0. The highest BCUT2D eigenvalue weighted by atomic mass is 35.5. The molecule has 0 spiro atoms. The van der Waals surface area contributed by atoms with Crippen molar-refractivity contribution >= 4 is 21.5 Å². The number of quaternary nitrogens is 2. The van der Waals surface area contributed by atoms with Crippen molar-refractivity contribution in [2.75, 3.05) is 52.5 Å². The van der Waals surface area contributed by atoms with Crippen LogP contribution in [-0.4, -0.2) is 74.9 Å². The number of hydrogen-bond acceptors (Lipinski definition) is 4. The van der Waals surface area contributed by atoms with Crippen molar-refractivity contribution < 1.29 is 54.3 Å². The van der Waals surface area contributed by atoms with Crippen LogP contribution in [0.1, 0.15) is 38.5 Å². The average Bonchev–Trinajstić information content (AvgIpc) is 3.04. The van der Waals surface area contributed by atoms with Gasteiger partial charge in [0.25, 0.3) is 0 Å². The summed E-state index contributed by atoms with van der Waals surface area (Å²) in [6.45, 7) is 7.08. The molecule has 2 saturated heterocycles. The Labute approximate surface area is 274 Å². The summed E-state index contributed by atoms with van der Waals surface area (Å²) in [6, 6.07) is 28.5. The highest BCUT2D eigenvalue weighted by molar-refractivity contribution is 5.88. The summed E-state index contributed by atoms with van der Waals surface area (Å²) >= 11 is 0. The highest BCUT2D eigenvalue weighted by Crippen LogP contribution is 2.26. The van der Waals surface area contributed by atoms with Crippen LogP contribution in [0.4, 0.5) is 0 Å². The molecule has 44 heavy (non-hydrogen) atoms. The third-order valence-electron chi connectivity index (χ3n) is 8.53. The van der Waals surface area contributed by atoms with Crippen LogP contribution in [0.3, 0.4) is 0 Å². The number of benzene rings is 4.